The molecule has 0 saturated heterocycles. The summed E-state index contributed by atoms with van der Waals surface area (Å²) in [4.78, 5) is 0. The summed E-state index contributed by atoms with van der Waals surface area (Å²) in [5.41, 5.74) is 2.03. The van der Waals surface area contributed by atoms with Crippen LogP contribution in [0.25, 0.3) is 0 Å². The van der Waals surface area contributed by atoms with Crippen molar-refractivity contribution >= 4 is 10.0 Å². The third-order valence-electron chi connectivity index (χ3n) is 1.46. The molecular weight excluding hydrogens is 186 g/mol. The molecule has 0 spiro atoms. The Morgan fingerprint density at radius 3 is 2.23 bits per heavy atom. The fourth-order valence-electron chi connectivity index (χ4n) is 0.928. The van der Waals surface area contributed by atoms with E-state index in [1.807, 2.05) is 13.8 Å². The van der Waals surface area contributed by atoms with Crippen molar-refractivity contribution in [2.24, 2.45) is 5.14 Å². The molecule has 0 unspecified atom stereocenters. The second kappa shape index (κ2) is 5.19. The molecule has 0 amide bonds. The SMILES string of the molecule is CC(C)=CCC/C(C)=C\S(N)(=O)=O. The lowest BCUT2D eigenvalue weighted by molar-refractivity contribution is 0.606. The second-order valence-electron chi connectivity index (χ2n) is 3.37. The summed E-state index contributed by atoms with van der Waals surface area (Å²) in [6.45, 7) is 5.79. The fourth-order valence-corrected chi connectivity index (χ4v) is 1.61. The van der Waals surface area contributed by atoms with E-state index in [0.717, 1.165) is 23.8 Å². The lowest BCUT2D eigenvalue weighted by Gasteiger charge is -1.97. The normalized spacial score (nSPS) is 12.8. The van der Waals surface area contributed by atoms with Crippen molar-refractivity contribution in [1.82, 2.24) is 0 Å². The zero-order valence-corrected chi connectivity index (χ0v) is 9.19. The van der Waals surface area contributed by atoms with E-state index < -0.39 is 10.0 Å². The molecule has 4 heteroatoms. The maximum absolute atomic E-state index is 10.6. The van der Waals surface area contributed by atoms with Crippen molar-refractivity contribution in [1.29, 1.82) is 0 Å². The summed E-state index contributed by atoms with van der Waals surface area (Å²) in [5.74, 6) is 0. The second-order valence-corrected chi connectivity index (χ2v) is 4.79. The third kappa shape index (κ3) is 9.30. The monoisotopic (exact) mass is 203 g/mol. The van der Waals surface area contributed by atoms with Gasteiger partial charge in [0, 0.05) is 5.41 Å². The van der Waals surface area contributed by atoms with Gasteiger partial charge < -0.3 is 0 Å². The molecule has 3 nitrogen and oxygen atoms in total. The average Bonchev–Trinajstić information content (AvgIpc) is 1.81. The van der Waals surface area contributed by atoms with E-state index >= 15 is 0 Å². The van der Waals surface area contributed by atoms with Gasteiger partial charge in [-0.05, 0) is 33.6 Å². The van der Waals surface area contributed by atoms with Gasteiger partial charge >= 0.3 is 0 Å². The van der Waals surface area contributed by atoms with E-state index in [1.165, 1.54) is 5.57 Å². The van der Waals surface area contributed by atoms with Crippen molar-refractivity contribution in [2.45, 2.75) is 33.6 Å². The first-order chi connectivity index (χ1) is 5.81. The molecule has 13 heavy (non-hydrogen) atoms. The van der Waals surface area contributed by atoms with Gasteiger partial charge in [0.05, 0.1) is 0 Å². The number of primary sulfonamides is 1. The minimum absolute atomic E-state index is 0.738. The van der Waals surface area contributed by atoms with Crippen molar-refractivity contribution in [3.05, 3.63) is 22.6 Å². The van der Waals surface area contributed by atoms with Gasteiger partial charge in [-0.25, -0.2) is 13.6 Å². The number of allylic oxidation sites excluding steroid dienone is 3. The van der Waals surface area contributed by atoms with E-state index in [1.54, 1.807) is 6.92 Å². The molecule has 0 bridgehead atoms. The number of rotatable bonds is 4. The smallest absolute Gasteiger partial charge is 0.225 e. The Hall–Kier alpha value is -0.610. The summed E-state index contributed by atoms with van der Waals surface area (Å²) >= 11 is 0. The number of nitrogens with two attached hydrogens (primary N) is 1. The molecule has 0 aliphatic heterocycles. The highest BCUT2D eigenvalue weighted by molar-refractivity contribution is 7.92. The lowest BCUT2D eigenvalue weighted by Crippen LogP contribution is -2.07. The molecule has 0 aliphatic carbocycles. The quantitative estimate of drug-likeness (QED) is 0.710. The van der Waals surface area contributed by atoms with E-state index in [4.69, 9.17) is 5.14 Å². The van der Waals surface area contributed by atoms with Crippen molar-refractivity contribution in [2.75, 3.05) is 0 Å². The van der Waals surface area contributed by atoms with Gasteiger partial charge in [-0.3, -0.25) is 0 Å². The molecule has 0 heterocycles. The topological polar surface area (TPSA) is 60.2 Å². The van der Waals surface area contributed by atoms with E-state index in [0.29, 0.717) is 0 Å². The zero-order chi connectivity index (χ0) is 10.5. The fraction of sp³-hybridized carbons (Fsp3) is 0.556. The van der Waals surface area contributed by atoms with Gasteiger partial charge in [0.2, 0.25) is 10.0 Å². The molecular formula is C9H17NO2S. The molecule has 0 aromatic heterocycles. The summed E-state index contributed by atoms with van der Waals surface area (Å²) < 4.78 is 21.2. The summed E-state index contributed by atoms with van der Waals surface area (Å²) in [6, 6.07) is 0. The predicted octanol–water partition coefficient (Wildman–Crippen LogP) is 1.93. The molecule has 76 valence electrons. The maximum atomic E-state index is 10.6. The van der Waals surface area contributed by atoms with Gasteiger partial charge in [0.15, 0.2) is 0 Å². The van der Waals surface area contributed by atoms with Gasteiger partial charge in [-0.2, -0.15) is 0 Å². The van der Waals surface area contributed by atoms with Crippen LogP contribution in [0.5, 0.6) is 0 Å². The Balaban J connectivity index is 4.11. The summed E-state index contributed by atoms with van der Waals surface area (Å²) in [5, 5.41) is 5.97. The summed E-state index contributed by atoms with van der Waals surface area (Å²) in [7, 11) is -3.46. The lowest BCUT2D eigenvalue weighted by atomic mass is 10.1. The van der Waals surface area contributed by atoms with E-state index in [9.17, 15) is 8.42 Å². The van der Waals surface area contributed by atoms with Crippen LogP contribution >= 0.6 is 0 Å². The maximum Gasteiger partial charge on any atom is 0.231 e. The number of sulfonamides is 1. The third-order valence-corrected chi connectivity index (χ3v) is 2.19. The standard InChI is InChI=1S/C9H17NO2S/c1-8(2)5-4-6-9(3)7-13(10,11)12/h5,7H,4,6H2,1-3H3,(H2,10,11,12)/b9-7-. The first-order valence-electron chi connectivity index (χ1n) is 4.14. The van der Waals surface area contributed by atoms with Crippen LogP contribution in [0.3, 0.4) is 0 Å². The largest absolute Gasteiger partial charge is 0.231 e. The van der Waals surface area contributed by atoms with Gasteiger partial charge in [-0.1, -0.05) is 17.2 Å². The van der Waals surface area contributed by atoms with Gasteiger partial charge in [-0.15, -0.1) is 0 Å². The number of hydrogen-bond donors (Lipinski definition) is 1. The van der Waals surface area contributed by atoms with Crippen LogP contribution in [0.2, 0.25) is 0 Å². The molecule has 0 aliphatic rings. The Labute approximate surface area is 80.4 Å². The predicted molar refractivity (Wildman–Crippen MR) is 55.5 cm³/mol. The number of hydrogen-bond acceptors (Lipinski definition) is 2. The van der Waals surface area contributed by atoms with Gasteiger partial charge in [0.1, 0.15) is 0 Å². The summed E-state index contributed by atoms with van der Waals surface area (Å²) in [6.07, 6.45) is 3.67. The Kier molecular flexibility index (Phi) is 4.95. The molecule has 0 fully saturated rings. The van der Waals surface area contributed by atoms with Crippen LogP contribution in [0.15, 0.2) is 22.6 Å². The van der Waals surface area contributed by atoms with Crippen LogP contribution in [0, 0.1) is 0 Å². The molecule has 0 radical (unpaired) electrons. The van der Waals surface area contributed by atoms with Crippen LogP contribution < -0.4 is 5.14 Å². The van der Waals surface area contributed by atoms with Crippen LogP contribution in [0.1, 0.15) is 33.6 Å². The molecule has 0 saturated carbocycles. The van der Waals surface area contributed by atoms with Crippen molar-refractivity contribution < 1.29 is 8.42 Å². The first-order valence-corrected chi connectivity index (χ1v) is 5.75. The van der Waals surface area contributed by atoms with E-state index in [-0.39, 0.29) is 0 Å². The van der Waals surface area contributed by atoms with Crippen LogP contribution in [-0.2, 0) is 10.0 Å². The average molecular weight is 203 g/mol. The van der Waals surface area contributed by atoms with Crippen molar-refractivity contribution in [3.8, 4) is 0 Å². The Morgan fingerprint density at radius 1 is 1.31 bits per heavy atom. The van der Waals surface area contributed by atoms with Gasteiger partial charge in [0.25, 0.3) is 0 Å². The van der Waals surface area contributed by atoms with E-state index in [2.05, 4.69) is 6.08 Å². The highest BCUT2D eigenvalue weighted by Gasteiger charge is 1.97. The highest BCUT2D eigenvalue weighted by Crippen LogP contribution is 2.07. The molecule has 0 aromatic rings. The Bertz CT molecular complexity index is 309. The highest BCUT2D eigenvalue weighted by atomic mass is 32.2. The zero-order valence-electron chi connectivity index (χ0n) is 8.37. The molecule has 0 rings (SSSR count). The van der Waals surface area contributed by atoms with Crippen molar-refractivity contribution in [3.63, 3.8) is 0 Å². The minimum atomic E-state index is -3.46. The molecule has 0 aromatic carbocycles. The van der Waals surface area contributed by atoms with Crippen LogP contribution in [0.4, 0.5) is 0 Å². The molecule has 0 atom stereocenters. The minimum Gasteiger partial charge on any atom is -0.225 e. The van der Waals surface area contributed by atoms with Crippen LogP contribution in [-0.4, -0.2) is 8.42 Å². The first kappa shape index (κ1) is 12.4. The Morgan fingerprint density at radius 2 is 1.85 bits per heavy atom. The molecule has 2 N–H and O–H groups in total.